The van der Waals surface area contributed by atoms with Gasteiger partial charge in [0.25, 0.3) is 0 Å². The van der Waals surface area contributed by atoms with E-state index in [2.05, 4.69) is 46.4 Å². The summed E-state index contributed by atoms with van der Waals surface area (Å²) >= 11 is 6.22. The number of hydrogen-bond donors (Lipinski definition) is 3. The van der Waals surface area contributed by atoms with Crippen LogP contribution in [0.1, 0.15) is 5.56 Å². The number of fused-ring (bicyclic) bond motifs is 1. The Morgan fingerprint density at radius 3 is 2.21 bits per heavy atom. The fraction of sp³-hybridized carbons (Fsp3) is 0.292. The fourth-order valence-corrected chi connectivity index (χ4v) is 3.95. The monoisotopic (exact) mass is 486 g/mol. The molecule has 180 valence electrons. The molecule has 0 bridgehead atoms. The van der Waals surface area contributed by atoms with Gasteiger partial charge in [-0.15, -0.1) is 0 Å². The van der Waals surface area contributed by atoms with Gasteiger partial charge in [0.1, 0.15) is 0 Å². The number of piperazine rings is 1. The van der Waals surface area contributed by atoms with Crippen molar-refractivity contribution in [3.8, 4) is 0 Å². The minimum Gasteiger partial charge on any atom is -0.478 e. The van der Waals surface area contributed by atoms with Crippen LogP contribution in [-0.2, 0) is 16.0 Å². The normalized spacial score (nSPS) is 15.5. The van der Waals surface area contributed by atoms with Crippen molar-refractivity contribution in [2.45, 2.75) is 6.42 Å². The zero-order chi connectivity index (χ0) is 24.7. The molecule has 34 heavy (non-hydrogen) atoms. The molecule has 1 fully saturated rings. The third-order valence-electron chi connectivity index (χ3n) is 5.54. The average Bonchev–Trinajstić information content (AvgIpc) is 3.23. The average molecular weight is 487 g/mol. The van der Waals surface area contributed by atoms with Crippen molar-refractivity contribution in [1.82, 2.24) is 9.80 Å². The number of halogens is 1. The van der Waals surface area contributed by atoms with Gasteiger partial charge in [-0.1, -0.05) is 29.8 Å². The Kier molecular flexibility index (Phi) is 8.50. The predicted octanol–water partition coefficient (Wildman–Crippen LogP) is 3.53. The number of likely N-dealkylation sites (N-methyl/N-ethyl adjacent to an activating group) is 1. The summed E-state index contributed by atoms with van der Waals surface area (Å²) in [5.74, 6) is -2.51. The summed E-state index contributed by atoms with van der Waals surface area (Å²) in [5.41, 5.74) is 4.28. The van der Waals surface area contributed by atoms with Crippen molar-refractivity contribution in [2.75, 3.05) is 50.0 Å². The molecule has 0 aliphatic carbocycles. The largest absolute Gasteiger partial charge is 0.478 e. The first-order valence-electron chi connectivity index (χ1n) is 10.8. The van der Waals surface area contributed by atoms with Crippen LogP contribution in [0.25, 0.3) is 0 Å². The van der Waals surface area contributed by atoms with Crippen molar-refractivity contribution >= 4 is 46.6 Å². The summed E-state index contributed by atoms with van der Waals surface area (Å²) in [4.78, 5) is 38.2. The SMILES string of the molecule is CN1CCN(C(=O)Nc2cc(Cl)ccc2N2CCc3ccccc32)CC1.O=C(O)/C=C\C(=O)O. The van der Waals surface area contributed by atoms with E-state index in [0.29, 0.717) is 17.2 Å². The second kappa shape index (κ2) is 11.5. The zero-order valence-corrected chi connectivity index (χ0v) is 19.5. The number of aliphatic carboxylic acids is 2. The van der Waals surface area contributed by atoms with Crippen molar-refractivity contribution in [2.24, 2.45) is 0 Å². The maximum absolute atomic E-state index is 12.7. The van der Waals surface area contributed by atoms with E-state index in [0.717, 1.165) is 50.5 Å². The molecule has 4 rings (SSSR count). The van der Waals surface area contributed by atoms with E-state index in [1.54, 1.807) is 0 Å². The molecule has 2 heterocycles. The lowest BCUT2D eigenvalue weighted by Gasteiger charge is -2.33. The molecule has 2 aromatic carbocycles. The van der Waals surface area contributed by atoms with Crippen LogP contribution in [-0.4, -0.2) is 77.8 Å². The quantitative estimate of drug-likeness (QED) is 0.566. The third-order valence-corrected chi connectivity index (χ3v) is 5.77. The summed E-state index contributed by atoms with van der Waals surface area (Å²) < 4.78 is 0. The molecule has 10 heteroatoms. The lowest BCUT2D eigenvalue weighted by Crippen LogP contribution is -2.48. The van der Waals surface area contributed by atoms with Gasteiger partial charge >= 0.3 is 18.0 Å². The van der Waals surface area contributed by atoms with E-state index in [1.165, 1.54) is 11.3 Å². The Bertz CT molecular complexity index is 1070. The molecule has 2 amide bonds. The van der Waals surface area contributed by atoms with Crippen LogP contribution in [0.15, 0.2) is 54.6 Å². The van der Waals surface area contributed by atoms with Gasteiger partial charge in [0, 0.05) is 55.6 Å². The number of nitrogens with one attached hydrogen (secondary N) is 1. The number of para-hydroxylation sites is 1. The molecule has 0 atom stereocenters. The van der Waals surface area contributed by atoms with Gasteiger partial charge in [-0.3, -0.25) is 0 Å². The summed E-state index contributed by atoms with van der Waals surface area (Å²) in [6.45, 7) is 4.18. The van der Waals surface area contributed by atoms with E-state index in [1.807, 2.05) is 23.1 Å². The Hall–Kier alpha value is -3.56. The molecule has 2 aliphatic rings. The fourth-order valence-electron chi connectivity index (χ4n) is 3.78. The summed E-state index contributed by atoms with van der Waals surface area (Å²) in [5, 5.41) is 19.3. The molecule has 0 aromatic heterocycles. The highest BCUT2D eigenvalue weighted by Gasteiger charge is 2.24. The number of amides is 2. The van der Waals surface area contributed by atoms with Gasteiger partial charge in [0.2, 0.25) is 0 Å². The van der Waals surface area contributed by atoms with Crippen molar-refractivity contribution < 1.29 is 24.6 Å². The number of nitrogens with zero attached hydrogens (tertiary/aromatic N) is 3. The number of rotatable bonds is 4. The zero-order valence-electron chi connectivity index (χ0n) is 18.8. The van der Waals surface area contributed by atoms with Crippen molar-refractivity contribution in [3.63, 3.8) is 0 Å². The molecule has 0 saturated carbocycles. The number of urea groups is 1. The molecule has 0 spiro atoms. The molecule has 2 aliphatic heterocycles. The van der Waals surface area contributed by atoms with Crippen LogP contribution in [0.2, 0.25) is 5.02 Å². The number of carboxylic acids is 2. The van der Waals surface area contributed by atoms with Gasteiger partial charge < -0.3 is 30.2 Å². The van der Waals surface area contributed by atoms with Crippen LogP contribution >= 0.6 is 11.6 Å². The van der Waals surface area contributed by atoms with E-state index >= 15 is 0 Å². The molecule has 0 unspecified atom stereocenters. The number of benzene rings is 2. The molecule has 1 saturated heterocycles. The number of hydrogen-bond acceptors (Lipinski definition) is 5. The first-order valence-corrected chi connectivity index (χ1v) is 11.2. The van der Waals surface area contributed by atoms with Crippen LogP contribution in [0, 0.1) is 0 Å². The summed E-state index contributed by atoms with van der Waals surface area (Å²) in [7, 11) is 2.08. The number of carbonyl (C=O) groups is 3. The van der Waals surface area contributed by atoms with Crippen LogP contribution in [0.4, 0.5) is 21.9 Å². The van der Waals surface area contributed by atoms with E-state index in [-0.39, 0.29) is 6.03 Å². The molecular weight excluding hydrogens is 460 g/mol. The lowest BCUT2D eigenvalue weighted by molar-refractivity contribution is -0.134. The molecular formula is C24H27ClN4O5. The molecule has 0 radical (unpaired) electrons. The smallest absolute Gasteiger partial charge is 0.328 e. The van der Waals surface area contributed by atoms with Gasteiger partial charge in [0.05, 0.1) is 11.4 Å². The first kappa shape index (κ1) is 25.1. The highest BCUT2D eigenvalue weighted by atomic mass is 35.5. The second-order valence-corrected chi connectivity index (χ2v) is 8.36. The van der Waals surface area contributed by atoms with Crippen LogP contribution in [0.5, 0.6) is 0 Å². The maximum Gasteiger partial charge on any atom is 0.328 e. The number of carbonyl (C=O) groups excluding carboxylic acids is 1. The standard InChI is InChI=1S/C20H23ClN4O.C4H4O4/c1-23-10-12-24(13-11-23)20(26)22-17-14-16(21)6-7-19(17)25-9-8-15-4-2-3-5-18(15)25;5-3(6)1-2-4(7)8/h2-7,14H,8-13H2,1H3,(H,22,26);1-2H,(H,5,6)(H,7,8)/b;2-1-. The second-order valence-electron chi connectivity index (χ2n) is 7.92. The minimum atomic E-state index is -1.26. The summed E-state index contributed by atoms with van der Waals surface area (Å²) in [6.07, 6.45) is 2.12. The van der Waals surface area contributed by atoms with Crippen LogP contribution < -0.4 is 10.2 Å². The Balaban J connectivity index is 0.000000350. The summed E-state index contributed by atoms with van der Waals surface area (Å²) in [6, 6.07) is 14.1. The Morgan fingerprint density at radius 1 is 0.912 bits per heavy atom. The first-order chi connectivity index (χ1) is 16.2. The van der Waals surface area contributed by atoms with Crippen LogP contribution in [0.3, 0.4) is 0 Å². The van der Waals surface area contributed by atoms with E-state index in [4.69, 9.17) is 21.8 Å². The van der Waals surface area contributed by atoms with Gasteiger partial charge in [-0.05, 0) is 43.3 Å². The molecule has 2 aromatic rings. The van der Waals surface area contributed by atoms with Crippen molar-refractivity contribution in [3.05, 3.63) is 65.2 Å². The molecule has 9 nitrogen and oxygen atoms in total. The van der Waals surface area contributed by atoms with Gasteiger partial charge in [0.15, 0.2) is 0 Å². The van der Waals surface area contributed by atoms with E-state index < -0.39 is 11.9 Å². The lowest BCUT2D eigenvalue weighted by atomic mass is 10.2. The minimum absolute atomic E-state index is 0.0610. The molecule has 3 N–H and O–H groups in total. The Morgan fingerprint density at radius 2 is 1.56 bits per heavy atom. The Labute approximate surface area is 202 Å². The predicted molar refractivity (Wildman–Crippen MR) is 131 cm³/mol. The number of anilines is 3. The topological polar surface area (TPSA) is 113 Å². The van der Waals surface area contributed by atoms with Gasteiger partial charge in [-0.2, -0.15) is 0 Å². The highest BCUT2D eigenvalue weighted by Crippen LogP contribution is 2.39. The van der Waals surface area contributed by atoms with Gasteiger partial charge in [-0.25, -0.2) is 14.4 Å². The maximum atomic E-state index is 12.7. The van der Waals surface area contributed by atoms with E-state index in [9.17, 15) is 14.4 Å². The highest BCUT2D eigenvalue weighted by molar-refractivity contribution is 6.31. The third kappa shape index (κ3) is 6.72. The van der Waals surface area contributed by atoms with Crippen molar-refractivity contribution in [1.29, 1.82) is 0 Å². The number of carboxylic acid groups (broad SMARTS) is 2.